The van der Waals surface area contributed by atoms with E-state index in [9.17, 15) is 9.90 Å². The quantitative estimate of drug-likeness (QED) is 0.799. The number of halogens is 1. The maximum absolute atomic E-state index is 11.3. The molecule has 6 heteroatoms. The van der Waals surface area contributed by atoms with E-state index in [0.29, 0.717) is 22.1 Å². The second-order valence-electron chi connectivity index (χ2n) is 4.89. The van der Waals surface area contributed by atoms with E-state index in [1.54, 1.807) is 22.7 Å². The summed E-state index contributed by atoms with van der Waals surface area (Å²) in [5, 5.41) is 9.71. The van der Waals surface area contributed by atoms with Gasteiger partial charge in [0.25, 0.3) is 0 Å². The van der Waals surface area contributed by atoms with Crippen LogP contribution in [0.15, 0.2) is 42.6 Å². The van der Waals surface area contributed by atoms with Crippen LogP contribution in [0.3, 0.4) is 0 Å². The Morgan fingerprint density at radius 2 is 2.18 bits per heavy atom. The number of hydrogen-bond donors (Lipinski definition) is 1. The van der Waals surface area contributed by atoms with E-state index in [1.165, 1.54) is 0 Å². The molecule has 3 rings (SSSR count). The Balaban J connectivity index is 1.95. The van der Waals surface area contributed by atoms with Crippen molar-refractivity contribution in [3.8, 4) is 5.75 Å². The Morgan fingerprint density at radius 1 is 1.36 bits per heavy atom. The maximum Gasteiger partial charge on any atom is 0.356 e. The van der Waals surface area contributed by atoms with Gasteiger partial charge >= 0.3 is 5.97 Å². The van der Waals surface area contributed by atoms with Gasteiger partial charge in [-0.2, -0.15) is 0 Å². The normalized spacial score (nSPS) is 10.8. The summed E-state index contributed by atoms with van der Waals surface area (Å²) >= 11 is 5.93. The Kier molecular flexibility index (Phi) is 3.73. The summed E-state index contributed by atoms with van der Waals surface area (Å²) < 4.78 is 7.37. The highest BCUT2D eigenvalue weighted by atomic mass is 35.5. The Hall–Kier alpha value is -2.53. The van der Waals surface area contributed by atoms with Crippen LogP contribution in [0.5, 0.6) is 5.75 Å². The average Bonchev–Trinajstić information content (AvgIpc) is 2.83. The summed E-state index contributed by atoms with van der Waals surface area (Å²) in [6.45, 7) is 2.14. The van der Waals surface area contributed by atoms with Crippen LogP contribution < -0.4 is 4.74 Å². The molecule has 2 heterocycles. The third-order valence-corrected chi connectivity index (χ3v) is 3.47. The van der Waals surface area contributed by atoms with Crippen molar-refractivity contribution in [2.45, 2.75) is 13.5 Å². The summed E-state index contributed by atoms with van der Waals surface area (Å²) in [6, 6.07) is 10.9. The highest BCUT2D eigenvalue weighted by Gasteiger charge is 2.17. The van der Waals surface area contributed by atoms with Crippen LogP contribution in [0.25, 0.3) is 5.52 Å². The number of hydrogen-bond acceptors (Lipinski definition) is 3. The number of pyridine rings is 1. The summed E-state index contributed by atoms with van der Waals surface area (Å²) in [5.41, 5.74) is 1.50. The minimum absolute atomic E-state index is 0.0367. The first-order valence-corrected chi connectivity index (χ1v) is 7.01. The van der Waals surface area contributed by atoms with E-state index in [4.69, 9.17) is 16.3 Å². The third-order valence-electron chi connectivity index (χ3n) is 3.24. The SMILES string of the molecule is Cc1cccc(OCc2nc(C(=O)O)c3cc(Cl)ccn23)c1. The van der Waals surface area contributed by atoms with Crippen LogP contribution in [-0.2, 0) is 6.61 Å². The standard InChI is InChI=1S/C16H13ClN2O3/c1-10-3-2-4-12(7-10)22-9-14-18-15(16(20)21)13-8-11(17)5-6-19(13)14/h2-8H,9H2,1H3,(H,20,21). The molecule has 2 aromatic heterocycles. The van der Waals surface area contributed by atoms with Crippen LogP contribution in [-0.4, -0.2) is 20.5 Å². The first-order valence-electron chi connectivity index (χ1n) is 6.64. The van der Waals surface area contributed by atoms with Crippen molar-refractivity contribution in [1.82, 2.24) is 9.38 Å². The summed E-state index contributed by atoms with van der Waals surface area (Å²) in [7, 11) is 0. The lowest BCUT2D eigenvalue weighted by Gasteiger charge is -2.06. The molecule has 0 amide bonds. The average molecular weight is 317 g/mol. The van der Waals surface area contributed by atoms with E-state index >= 15 is 0 Å². The minimum Gasteiger partial charge on any atom is -0.486 e. The largest absolute Gasteiger partial charge is 0.486 e. The van der Waals surface area contributed by atoms with Crippen LogP contribution in [0.1, 0.15) is 21.9 Å². The molecule has 0 atom stereocenters. The molecule has 1 aromatic carbocycles. The highest BCUT2D eigenvalue weighted by molar-refractivity contribution is 6.31. The first-order chi connectivity index (χ1) is 10.5. The molecular formula is C16H13ClN2O3. The minimum atomic E-state index is -1.10. The van der Waals surface area contributed by atoms with Gasteiger partial charge < -0.3 is 9.84 Å². The molecule has 3 aromatic rings. The lowest BCUT2D eigenvalue weighted by molar-refractivity contribution is 0.0693. The van der Waals surface area contributed by atoms with Crippen molar-refractivity contribution in [2.24, 2.45) is 0 Å². The zero-order chi connectivity index (χ0) is 15.7. The molecule has 0 aliphatic rings. The molecule has 112 valence electrons. The number of imidazole rings is 1. The van der Waals surface area contributed by atoms with Gasteiger partial charge in [-0.05, 0) is 36.8 Å². The van der Waals surface area contributed by atoms with E-state index in [2.05, 4.69) is 4.98 Å². The number of carbonyl (C=O) groups is 1. The molecule has 0 aliphatic carbocycles. The fourth-order valence-corrected chi connectivity index (χ4v) is 2.39. The van der Waals surface area contributed by atoms with Crippen molar-refractivity contribution >= 4 is 23.1 Å². The second kappa shape index (κ2) is 5.69. The van der Waals surface area contributed by atoms with Crippen molar-refractivity contribution in [3.05, 3.63) is 64.7 Å². The van der Waals surface area contributed by atoms with Gasteiger partial charge in [0.2, 0.25) is 0 Å². The lowest BCUT2D eigenvalue weighted by Crippen LogP contribution is -2.01. The Labute approximate surface area is 131 Å². The second-order valence-corrected chi connectivity index (χ2v) is 5.32. The number of aromatic carboxylic acids is 1. The number of nitrogens with zero attached hydrogens (tertiary/aromatic N) is 2. The van der Waals surface area contributed by atoms with Gasteiger partial charge in [-0.15, -0.1) is 0 Å². The first kappa shape index (κ1) is 14.4. The number of ether oxygens (including phenoxy) is 1. The zero-order valence-electron chi connectivity index (χ0n) is 11.8. The fourth-order valence-electron chi connectivity index (χ4n) is 2.23. The number of benzene rings is 1. The van der Waals surface area contributed by atoms with Crippen molar-refractivity contribution in [3.63, 3.8) is 0 Å². The number of rotatable bonds is 4. The van der Waals surface area contributed by atoms with Gasteiger partial charge in [-0.3, -0.25) is 4.40 Å². The third kappa shape index (κ3) is 2.76. The Morgan fingerprint density at radius 3 is 2.91 bits per heavy atom. The smallest absolute Gasteiger partial charge is 0.356 e. The van der Waals surface area contributed by atoms with Gasteiger partial charge in [0, 0.05) is 11.2 Å². The monoisotopic (exact) mass is 316 g/mol. The number of aryl methyl sites for hydroxylation is 1. The van der Waals surface area contributed by atoms with Crippen molar-refractivity contribution in [2.75, 3.05) is 0 Å². The number of carboxylic acid groups (broad SMARTS) is 1. The zero-order valence-corrected chi connectivity index (χ0v) is 12.5. The topological polar surface area (TPSA) is 63.8 Å². The van der Waals surface area contributed by atoms with Crippen LogP contribution in [0.2, 0.25) is 5.02 Å². The molecule has 0 aliphatic heterocycles. The predicted octanol–water partition coefficient (Wildman–Crippen LogP) is 3.57. The number of carboxylic acids is 1. The number of aromatic nitrogens is 2. The molecule has 1 N–H and O–H groups in total. The summed E-state index contributed by atoms with van der Waals surface area (Å²) in [5.74, 6) is 0.120. The molecule has 0 spiro atoms. The van der Waals surface area contributed by atoms with E-state index in [0.717, 1.165) is 5.56 Å². The predicted molar refractivity (Wildman–Crippen MR) is 82.7 cm³/mol. The molecule has 0 saturated carbocycles. The van der Waals surface area contributed by atoms with Gasteiger partial charge in [-0.1, -0.05) is 23.7 Å². The van der Waals surface area contributed by atoms with Crippen molar-refractivity contribution < 1.29 is 14.6 Å². The van der Waals surface area contributed by atoms with E-state index in [-0.39, 0.29) is 12.3 Å². The van der Waals surface area contributed by atoms with Gasteiger partial charge in [0.15, 0.2) is 11.5 Å². The van der Waals surface area contributed by atoms with Gasteiger partial charge in [0.05, 0.1) is 5.52 Å². The Bertz CT molecular complexity index is 858. The fraction of sp³-hybridized carbons (Fsp3) is 0.125. The van der Waals surface area contributed by atoms with E-state index < -0.39 is 5.97 Å². The van der Waals surface area contributed by atoms with Crippen LogP contribution in [0.4, 0.5) is 0 Å². The summed E-state index contributed by atoms with van der Waals surface area (Å²) in [4.78, 5) is 15.4. The van der Waals surface area contributed by atoms with E-state index in [1.807, 2.05) is 31.2 Å². The molecule has 0 radical (unpaired) electrons. The van der Waals surface area contributed by atoms with Gasteiger partial charge in [-0.25, -0.2) is 9.78 Å². The molecule has 0 saturated heterocycles. The van der Waals surface area contributed by atoms with Crippen molar-refractivity contribution in [1.29, 1.82) is 0 Å². The molecule has 0 unspecified atom stereocenters. The number of fused-ring (bicyclic) bond motifs is 1. The maximum atomic E-state index is 11.3. The molecule has 5 nitrogen and oxygen atoms in total. The van der Waals surface area contributed by atoms with Crippen LogP contribution >= 0.6 is 11.6 Å². The molecular weight excluding hydrogens is 304 g/mol. The summed E-state index contributed by atoms with van der Waals surface area (Å²) in [6.07, 6.45) is 1.69. The van der Waals surface area contributed by atoms with Gasteiger partial charge in [0.1, 0.15) is 12.4 Å². The lowest BCUT2D eigenvalue weighted by atomic mass is 10.2. The molecule has 22 heavy (non-hydrogen) atoms. The molecule has 0 fully saturated rings. The highest BCUT2D eigenvalue weighted by Crippen LogP contribution is 2.20. The van der Waals surface area contributed by atoms with Crippen LogP contribution in [0, 0.1) is 6.92 Å². The molecule has 0 bridgehead atoms.